The Morgan fingerprint density at radius 1 is 1.50 bits per heavy atom. The minimum atomic E-state index is -3.53. The summed E-state index contributed by atoms with van der Waals surface area (Å²) >= 11 is 14.5. The first-order chi connectivity index (χ1) is 7.36. The van der Waals surface area contributed by atoms with Gasteiger partial charge < -0.3 is 0 Å². The molecular weight excluding hydrogens is 337 g/mol. The van der Waals surface area contributed by atoms with Crippen LogP contribution in [0.5, 0.6) is 0 Å². The van der Waals surface area contributed by atoms with E-state index in [4.69, 9.17) is 23.2 Å². The second kappa shape index (κ2) is 5.69. The fourth-order valence-corrected chi connectivity index (χ4v) is 3.09. The number of hydrogen-bond acceptors (Lipinski definition) is 2. The molecular formula is C9H10BrCl2NO2S. The summed E-state index contributed by atoms with van der Waals surface area (Å²) in [6.07, 6.45) is 0. The number of rotatable bonds is 4. The van der Waals surface area contributed by atoms with E-state index in [1.165, 1.54) is 18.2 Å². The number of benzene rings is 1. The zero-order valence-electron chi connectivity index (χ0n) is 8.38. The van der Waals surface area contributed by atoms with E-state index in [0.717, 1.165) is 0 Å². The lowest BCUT2D eigenvalue weighted by molar-refractivity contribution is 0.570. The van der Waals surface area contributed by atoms with E-state index in [9.17, 15) is 8.42 Å². The second-order valence-electron chi connectivity index (χ2n) is 3.25. The molecule has 3 nitrogen and oxygen atoms in total. The number of alkyl halides is 1. The number of halogens is 3. The Morgan fingerprint density at radius 2 is 2.12 bits per heavy atom. The molecule has 0 radical (unpaired) electrons. The topological polar surface area (TPSA) is 46.2 Å². The second-order valence-corrected chi connectivity index (χ2v) is 6.54. The molecule has 0 saturated carbocycles. The molecule has 1 N–H and O–H groups in total. The molecule has 16 heavy (non-hydrogen) atoms. The average Bonchev–Trinajstić information content (AvgIpc) is 2.21. The van der Waals surface area contributed by atoms with Gasteiger partial charge in [0.1, 0.15) is 0 Å². The molecule has 1 unspecified atom stereocenters. The van der Waals surface area contributed by atoms with Crippen molar-refractivity contribution in [2.75, 3.05) is 5.88 Å². The SMILES string of the molecule is CC(CCl)NS(=O)(=O)c1ccc(Cl)c(Br)c1. The highest BCUT2D eigenvalue weighted by Gasteiger charge is 2.17. The van der Waals surface area contributed by atoms with Gasteiger partial charge in [-0.1, -0.05) is 11.6 Å². The van der Waals surface area contributed by atoms with E-state index in [-0.39, 0.29) is 16.8 Å². The Bertz CT molecular complexity index is 478. The van der Waals surface area contributed by atoms with Crippen LogP contribution in [0.4, 0.5) is 0 Å². The van der Waals surface area contributed by atoms with Crippen LogP contribution in [0.1, 0.15) is 6.92 Å². The Kier molecular flexibility index (Phi) is 5.07. The van der Waals surface area contributed by atoms with Gasteiger partial charge in [0.05, 0.1) is 9.92 Å². The summed E-state index contributed by atoms with van der Waals surface area (Å²) in [4.78, 5) is 0.153. The molecule has 1 rings (SSSR count). The van der Waals surface area contributed by atoms with Gasteiger partial charge in [-0.05, 0) is 41.1 Å². The van der Waals surface area contributed by atoms with Crippen molar-refractivity contribution in [1.29, 1.82) is 0 Å². The summed E-state index contributed by atoms with van der Waals surface area (Å²) in [6, 6.07) is 4.09. The van der Waals surface area contributed by atoms with E-state index in [0.29, 0.717) is 9.50 Å². The summed E-state index contributed by atoms with van der Waals surface area (Å²) in [5.41, 5.74) is 0. The molecule has 0 heterocycles. The van der Waals surface area contributed by atoms with Gasteiger partial charge in [-0.3, -0.25) is 0 Å². The molecule has 7 heteroatoms. The van der Waals surface area contributed by atoms with Crippen LogP contribution in [0.3, 0.4) is 0 Å². The quantitative estimate of drug-likeness (QED) is 0.852. The van der Waals surface area contributed by atoms with Crippen molar-refractivity contribution in [3.8, 4) is 0 Å². The lowest BCUT2D eigenvalue weighted by atomic mass is 10.4. The van der Waals surface area contributed by atoms with E-state index >= 15 is 0 Å². The van der Waals surface area contributed by atoms with Gasteiger partial charge in [-0.25, -0.2) is 13.1 Å². The van der Waals surface area contributed by atoms with Crippen molar-refractivity contribution in [3.63, 3.8) is 0 Å². The van der Waals surface area contributed by atoms with Crippen LogP contribution in [0.2, 0.25) is 5.02 Å². The molecule has 0 fully saturated rings. The molecule has 0 aliphatic heterocycles. The van der Waals surface area contributed by atoms with Crippen LogP contribution in [-0.4, -0.2) is 20.3 Å². The number of hydrogen-bond donors (Lipinski definition) is 1. The van der Waals surface area contributed by atoms with Gasteiger partial charge >= 0.3 is 0 Å². The molecule has 1 aromatic carbocycles. The van der Waals surface area contributed by atoms with Crippen LogP contribution in [0.15, 0.2) is 27.6 Å². The lowest BCUT2D eigenvalue weighted by Crippen LogP contribution is -2.33. The maximum Gasteiger partial charge on any atom is 0.240 e. The highest BCUT2D eigenvalue weighted by atomic mass is 79.9. The van der Waals surface area contributed by atoms with E-state index < -0.39 is 10.0 Å². The first kappa shape index (κ1) is 14.3. The Labute approximate surface area is 113 Å². The molecule has 0 saturated heterocycles. The molecule has 0 aromatic heterocycles. The summed E-state index contributed by atoms with van der Waals surface area (Å²) in [5.74, 6) is 0.216. The van der Waals surface area contributed by atoms with Gasteiger partial charge in [0.25, 0.3) is 0 Å². The minimum absolute atomic E-state index is 0.153. The predicted molar refractivity (Wildman–Crippen MR) is 69.7 cm³/mol. The molecule has 1 aromatic rings. The number of nitrogens with one attached hydrogen (secondary N) is 1. The average molecular weight is 347 g/mol. The zero-order valence-corrected chi connectivity index (χ0v) is 12.3. The molecule has 0 amide bonds. The third-order valence-electron chi connectivity index (χ3n) is 1.79. The van der Waals surface area contributed by atoms with E-state index in [1.54, 1.807) is 6.92 Å². The molecule has 0 spiro atoms. The van der Waals surface area contributed by atoms with Crippen molar-refractivity contribution in [1.82, 2.24) is 4.72 Å². The normalized spacial score (nSPS) is 13.8. The van der Waals surface area contributed by atoms with Crippen LogP contribution < -0.4 is 4.72 Å². The van der Waals surface area contributed by atoms with E-state index in [2.05, 4.69) is 20.7 Å². The summed E-state index contributed by atoms with van der Waals surface area (Å²) in [6.45, 7) is 1.69. The lowest BCUT2D eigenvalue weighted by Gasteiger charge is -2.11. The highest BCUT2D eigenvalue weighted by molar-refractivity contribution is 9.10. The minimum Gasteiger partial charge on any atom is -0.207 e. The van der Waals surface area contributed by atoms with Crippen LogP contribution >= 0.6 is 39.1 Å². The van der Waals surface area contributed by atoms with Crippen molar-refractivity contribution >= 4 is 49.2 Å². The highest BCUT2D eigenvalue weighted by Crippen LogP contribution is 2.25. The summed E-state index contributed by atoms with van der Waals surface area (Å²) in [7, 11) is -3.53. The summed E-state index contributed by atoms with van der Waals surface area (Å²) < 4.78 is 26.6. The van der Waals surface area contributed by atoms with Crippen molar-refractivity contribution in [3.05, 3.63) is 27.7 Å². The van der Waals surface area contributed by atoms with Crippen molar-refractivity contribution in [2.45, 2.75) is 17.9 Å². The third-order valence-corrected chi connectivity index (χ3v) is 5.05. The maximum atomic E-state index is 11.8. The Balaban J connectivity index is 3.03. The smallest absolute Gasteiger partial charge is 0.207 e. The van der Waals surface area contributed by atoms with Crippen molar-refractivity contribution < 1.29 is 8.42 Å². The standard InChI is InChI=1S/C9H10BrCl2NO2S/c1-6(5-11)13-16(14,15)7-2-3-9(12)8(10)4-7/h2-4,6,13H,5H2,1H3. The largest absolute Gasteiger partial charge is 0.240 e. The predicted octanol–water partition coefficient (Wildman–Crippen LogP) is 3.01. The number of sulfonamides is 1. The molecule has 1 atom stereocenters. The fraction of sp³-hybridized carbons (Fsp3) is 0.333. The van der Waals surface area contributed by atoms with Gasteiger partial charge in [0.15, 0.2) is 0 Å². The fourth-order valence-electron chi connectivity index (χ4n) is 1.01. The van der Waals surface area contributed by atoms with Crippen LogP contribution in [-0.2, 0) is 10.0 Å². The van der Waals surface area contributed by atoms with Gasteiger partial charge in [-0.2, -0.15) is 0 Å². The van der Waals surface area contributed by atoms with Gasteiger partial charge in [0, 0.05) is 16.4 Å². The van der Waals surface area contributed by atoms with Crippen LogP contribution in [0.25, 0.3) is 0 Å². The zero-order chi connectivity index (χ0) is 12.3. The first-order valence-electron chi connectivity index (χ1n) is 4.40. The first-order valence-corrected chi connectivity index (χ1v) is 7.59. The third kappa shape index (κ3) is 3.60. The molecule has 90 valence electrons. The van der Waals surface area contributed by atoms with Gasteiger partial charge in [0.2, 0.25) is 10.0 Å². The maximum absolute atomic E-state index is 11.8. The molecule has 0 bridgehead atoms. The van der Waals surface area contributed by atoms with Crippen molar-refractivity contribution in [2.24, 2.45) is 0 Å². The van der Waals surface area contributed by atoms with Crippen LogP contribution in [0, 0.1) is 0 Å². The van der Waals surface area contributed by atoms with E-state index in [1.807, 2.05) is 0 Å². The monoisotopic (exact) mass is 345 g/mol. The Hall–Kier alpha value is 0.190. The molecule has 0 aliphatic carbocycles. The Morgan fingerprint density at radius 3 is 2.62 bits per heavy atom. The molecule has 0 aliphatic rings. The summed E-state index contributed by atoms with van der Waals surface area (Å²) in [5, 5.41) is 0.462. The van der Waals surface area contributed by atoms with Gasteiger partial charge in [-0.15, -0.1) is 11.6 Å².